The SMILES string of the molecule is C#CCOCC(O)CN(Cc1ccccc1)Cc1nc2sc(C(=O)OCC=C)c(C)c2c(=O)[nH]1. The number of esters is 1. The molecule has 0 amide bonds. The van der Waals surface area contributed by atoms with Crippen molar-refractivity contribution in [2.24, 2.45) is 0 Å². The predicted molar refractivity (Wildman–Crippen MR) is 132 cm³/mol. The van der Waals surface area contributed by atoms with Gasteiger partial charge < -0.3 is 19.6 Å². The zero-order chi connectivity index (χ0) is 24.5. The number of hydrogen-bond acceptors (Lipinski definition) is 8. The Hall–Kier alpha value is -3.29. The maximum absolute atomic E-state index is 12.8. The van der Waals surface area contributed by atoms with E-state index < -0.39 is 12.1 Å². The van der Waals surface area contributed by atoms with E-state index >= 15 is 0 Å². The predicted octanol–water partition coefficient (Wildman–Crippen LogP) is 2.65. The normalized spacial score (nSPS) is 11.9. The number of H-pyrrole nitrogens is 1. The molecule has 0 aliphatic rings. The molecule has 178 valence electrons. The van der Waals surface area contributed by atoms with Crippen molar-refractivity contribution in [1.29, 1.82) is 0 Å². The van der Waals surface area contributed by atoms with E-state index in [4.69, 9.17) is 15.9 Å². The molecule has 0 radical (unpaired) electrons. The van der Waals surface area contributed by atoms with Crippen LogP contribution in [0, 0.1) is 19.3 Å². The number of rotatable bonds is 12. The number of aryl methyl sites for hydroxylation is 1. The van der Waals surface area contributed by atoms with Crippen LogP contribution in [0.1, 0.15) is 26.6 Å². The molecule has 0 fully saturated rings. The number of aromatic nitrogens is 2. The van der Waals surface area contributed by atoms with E-state index in [0.717, 1.165) is 16.9 Å². The van der Waals surface area contributed by atoms with Gasteiger partial charge >= 0.3 is 5.97 Å². The number of aliphatic hydroxyl groups excluding tert-OH is 1. The lowest BCUT2D eigenvalue weighted by Crippen LogP contribution is -2.35. The number of hydrogen-bond donors (Lipinski definition) is 2. The number of aliphatic hydroxyl groups is 1. The highest BCUT2D eigenvalue weighted by molar-refractivity contribution is 7.20. The number of thiophene rings is 1. The van der Waals surface area contributed by atoms with Crippen LogP contribution in [0.5, 0.6) is 0 Å². The van der Waals surface area contributed by atoms with Gasteiger partial charge in [-0.25, -0.2) is 9.78 Å². The Balaban J connectivity index is 1.85. The van der Waals surface area contributed by atoms with Gasteiger partial charge in [0.2, 0.25) is 0 Å². The van der Waals surface area contributed by atoms with Crippen molar-refractivity contribution in [1.82, 2.24) is 14.9 Å². The lowest BCUT2D eigenvalue weighted by atomic mass is 10.2. The highest BCUT2D eigenvalue weighted by atomic mass is 32.1. The maximum Gasteiger partial charge on any atom is 0.348 e. The summed E-state index contributed by atoms with van der Waals surface area (Å²) in [6, 6.07) is 9.77. The molecule has 2 N–H and O–H groups in total. The number of fused-ring (bicyclic) bond motifs is 1. The summed E-state index contributed by atoms with van der Waals surface area (Å²) in [5, 5.41) is 10.8. The van der Waals surface area contributed by atoms with Crippen molar-refractivity contribution in [2.75, 3.05) is 26.4 Å². The minimum Gasteiger partial charge on any atom is -0.457 e. The van der Waals surface area contributed by atoms with Crippen LogP contribution in [-0.4, -0.2) is 58.4 Å². The molecule has 2 heterocycles. The molecule has 3 rings (SSSR count). The van der Waals surface area contributed by atoms with E-state index in [1.54, 1.807) is 6.92 Å². The number of aromatic amines is 1. The van der Waals surface area contributed by atoms with Crippen LogP contribution >= 0.6 is 11.3 Å². The Morgan fingerprint density at radius 2 is 2.15 bits per heavy atom. The Bertz CT molecular complexity index is 1230. The molecule has 34 heavy (non-hydrogen) atoms. The fourth-order valence-corrected chi connectivity index (χ4v) is 4.60. The summed E-state index contributed by atoms with van der Waals surface area (Å²) in [6.45, 7) is 6.63. The molecule has 0 saturated carbocycles. The van der Waals surface area contributed by atoms with Crippen LogP contribution < -0.4 is 5.56 Å². The molecule has 2 aromatic heterocycles. The van der Waals surface area contributed by atoms with E-state index in [-0.39, 0.29) is 38.5 Å². The molecule has 0 spiro atoms. The third kappa shape index (κ3) is 6.62. The summed E-state index contributed by atoms with van der Waals surface area (Å²) >= 11 is 1.12. The smallest absolute Gasteiger partial charge is 0.348 e. The van der Waals surface area contributed by atoms with Crippen LogP contribution in [-0.2, 0) is 22.6 Å². The van der Waals surface area contributed by atoms with Gasteiger partial charge in [-0.1, -0.05) is 48.9 Å². The lowest BCUT2D eigenvalue weighted by Gasteiger charge is -2.24. The molecular weight excluding hydrogens is 454 g/mol. The Kier molecular flexibility index (Phi) is 9.13. The summed E-state index contributed by atoms with van der Waals surface area (Å²) in [7, 11) is 0. The second-order valence-electron chi connectivity index (χ2n) is 7.66. The van der Waals surface area contributed by atoms with Crippen molar-refractivity contribution < 1.29 is 19.4 Å². The van der Waals surface area contributed by atoms with E-state index in [1.807, 2.05) is 35.2 Å². The molecule has 8 nitrogen and oxygen atoms in total. The van der Waals surface area contributed by atoms with E-state index in [0.29, 0.717) is 33.0 Å². The van der Waals surface area contributed by atoms with Gasteiger partial charge in [0.25, 0.3) is 5.56 Å². The molecule has 0 bridgehead atoms. The zero-order valence-corrected chi connectivity index (χ0v) is 19.8. The lowest BCUT2D eigenvalue weighted by molar-refractivity contribution is 0.0238. The van der Waals surface area contributed by atoms with Crippen LogP contribution in [0.2, 0.25) is 0 Å². The van der Waals surface area contributed by atoms with Crippen molar-refractivity contribution >= 4 is 27.5 Å². The summed E-state index contributed by atoms with van der Waals surface area (Å²) < 4.78 is 10.4. The summed E-state index contributed by atoms with van der Waals surface area (Å²) in [4.78, 5) is 35.4. The first-order valence-electron chi connectivity index (χ1n) is 10.7. The van der Waals surface area contributed by atoms with Gasteiger partial charge in [0.1, 0.15) is 28.7 Å². The summed E-state index contributed by atoms with van der Waals surface area (Å²) in [6.07, 6.45) is 5.90. The number of benzene rings is 1. The minimum atomic E-state index is -0.775. The average Bonchev–Trinajstić information content (AvgIpc) is 3.15. The van der Waals surface area contributed by atoms with Gasteiger partial charge in [-0.3, -0.25) is 9.69 Å². The molecule has 0 saturated heterocycles. The Labute approximate surface area is 201 Å². The van der Waals surface area contributed by atoms with Crippen molar-refractivity contribution in [3.63, 3.8) is 0 Å². The van der Waals surface area contributed by atoms with Gasteiger partial charge in [-0.2, -0.15) is 0 Å². The van der Waals surface area contributed by atoms with E-state index in [9.17, 15) is 14.7 Å². The van der Waals surface area contributed by atoms with Crippen molar-refractivity contribution in [3.8, 4) is 12.3 Å². The molecule has 1 atom stereocenters. The standard InChI is InChI=1S/C25H27N3O5S/c1-4-11-32-16-19(29)14-28(13-18-9-7-6-8-10-18)15-20-26-23(30)21-17(3)22(34-24(21)27-20)25(31)33-12-5-2/h1,5-10,19,29H,2,11-16H2,3H3,(H,26,27,30). The molecular formula is C25H27N3O5S. The second kappa shape index (κ2) is 12.3. The Morgan fingerprint density at radius 3 is 2.85 bits per heavy atom. The second-order valence-corrected chi connectivity index (χ2v) is 8.66. The first kappa shape index (κ1) is 25.3. The van der Waals surface area contributed by atoms with Crippen LogP contribution in [0.3, 0.4) is 0 Å². The quantitative estimate of drug-likeness (QED) is 0.177. The third-order valence-electron chi connectivity index (χ3n) is 4.95. The van der Waals surface area contributed by atoms with E-state index in [2.05, 4.69) is 22.5 Å². The number of carbonyl (C=O) groups is 1. The Morgan fingerprint density at radius 1 is 1.38 bits per heavy atom. The third-order valence-corrected chi connectivity index (χ3v) is 6.12. The van der Waals surface area contributed by atoms with Gasteiger partial charge in [-0.15, -0.1) is 17.8 Å². The largest absolute Gasteiger partial charge is 0.457 e. The monoisotopic (exact) mass is 481 g/mol. The number of nitrogens with one attached hydrogen (secondary N) is 1. The first-order chi connectivity index (χ1) is 16.4. The molecule has 3 aromatic rings. The summed E-state index contributed by atoms with van der Waals surface area (Å²) in [5.74, 6) is 2.29. The van der Waals surface area contributed by atoms with Crippen LogP contribution in [0.4, 0.5) is 0 Å². The molecule has 1 aromatic carbocycles. The number of nitrogens with zero attached hydrogens (tertiary/aromatic N) is 2. The first-order valence-corrected chi connectivity index (χ1v) is 11.5. The summed E-state index contributed by atoms with van der Waals surface area (Å²) in [5.41, 5.74) is 1.26. The molecule has 0 aliphatic carbocycles. The molecule has 9 heteroatoms. The number of carbonyl (C=O) groups excluding carboxylic acids is 1. The van der Waals surface area contributed by atoms with Gasteiger partial charge in [0, 0.05) is 13.1 Å². The minimum absolute atomic E-state index is 0.0867. The number of terminal acetylenes is 1. The van der Waals surface area contributed by atoms with Crippen LogP contribution in [0.25, 0.3) is 10.2 Å². The van der Waals surface area contributed by atoms with E-state index in [1.165, 1.54) is 6.08 Å². The van der Waals surface area contributed by atoms with Gasteiger partial charge in [0.15, 0.2) is 0 Å². The number of ether oxygens (including phenoxy) is 2. The topological polar surface area (TPSA) is 105 Å². The fourth-order valence-electron chi connectivity index (χ4n) is 3.50. The van der Waals surface area contributed by atoms with Gasteiger partial charge in [0.05, 0.1) is 24.6 Å². The fraction of sp³-hybridized carbons (Fsp3) is 0.320. The van der Waals surface area contributed by atoms with Crippen molar-refractivity contribution in [3.05, 3.63) is 75.2 Å². The zero-order valence-electron chi connectivity index (χ0n) is 19.0. The highest BCUT2D eigenvalue weighted by Crippen LogP contribution is 2.27. The average molecular weight is 482 g/mol. The van der Waals surface area contributed by atoms with Crippen molar-refractivity contribution in [2.45, 2.75) is 26.1 Å². The maximum atomic E-state index is 12.8. The highest BCUT2D eigenvalue weighted by Gasteiger charge is 2.21. The van der Waals surface area contributed by atoms with Gasteiger partial charge in [-0.05, 0) is 18.1 Å². The molecule has 0 aliphatic heterocycles. The molecule has 1 unspecified atom stereocenters. The van der Waals surface area contributed by atoms with Crippen LogP contribution in [0.15, 0.2) is 47.8 Å².